The topological polar surface area (TPSA) is 51.5 Å². The lowest BCUT2D eigenvalue weighted by Gasteiger charge is -2.53. The average molecular weight is 484 g/mol. The van der Waals surface area contributed by atoms with E-state index in [1.807, 2.05) is 6.07 Å². The van der Waals surface area contributed by atoms with Crippen LogP contribution in [-0.4, -0.2) is 28.6 Å². The predicted octanol–water partition coefficient (Wildman–Crippen LogP) is 7.58. The summed E-state index contributed by atoms with van der Waals surface area (Å²) in [5, 5.41) is 10.3. The minimum atomic E-state index is -1.97. The third-order valence-corrected chi connectivity index (χ3v) is 13.4. The van der Waals surface area contributed by atoms with Crippen LogP contribution in [0.3, 0.4) is 0 Å². The maximum atomic E-state index is 10.2. The van der Waals surface area contributed by atoms with Crippen molar-refractivity contribution in [2.45, 2.75) is 84.5 Å². The van der Waals surface area contributed by atoms with Gasteiger partial charge in [-0.25, -0.2) is 0 Å². The third kappa shape index (κ3) is 5.24. The molecule has 1 aromatic carbocycles. The van der Waals surface area contributed by atoms with Gasteiger partial charge in [-0.2, -0.15) is 5.26 Å². The van der Waals surface area contributed by atoms with Crippen LogP contribution in [0.4, 0.5) is 0 Å². The quantitative estimate of drug-likeness (QED) is 0.309. The highest BCUT2D eigenvalue weighted by atomic mass is 28.4. The molecule has 188 valence electrons. The molecule has 1 saturated carbocycles. The summed E-state index contributed by atoms with van der Waals surface area (Å²) in [6, 6.07) is 8.77. The summed E-state index contributed by atoms with van der Waals surface area (Å²) in [5.74, 6) is 3.20. The lowest BCUT2D eigenvalue weighted by molar-refractivity contribution is -0.0192. The number of methoxy groups -OCH3 is 2. The Balaban J connectivity index is 2.14. The Morgan fingerprint density at radius 3 is 2.15 bits per heavy atom. The molecule has 0 radical (unpaired) electrons. The molecule has 1 fully saturated rings. The molecular weight excluding hydrogens is 438 g/mol. The molecule has 5 heteroatoms. The fourth-order valence-corrected chi connectivity index (χ4v) is 7.38. The van der Waals surface area contributed by atoms with Crippen LogP contribution >= 0.6 is 0 Å². The van der Waals surface area contributed by atoms with Crippen molar-refractivity contribution in [2.24, 2.45) is 29.6 Å². The molecule has 0 amide bonds. The van der Waals surface area contributed by atoms with Crippen molar-refractivity contribution in [2.75, 3.05) is 14.2 Å². The number of nitrogens with zero attached hydrogens (tertiary/aromatic N) is 1. The first-order valence-electron chi connectivity index (χ1n) is 12.8. The summed E-state index contributed by atoms with van der Waals surface area (Å²) in [6.07, 6.45) is 4.85. The van der Waals surface area contributed by atoms with E-state index in [4.69, 9.17) is 13.9 Å². The van der Waals surface area contributed by atoms with E-state index >= 15 is 0 Å². The van der Waals surface area contributed by atoms with Gasteiger partial charge >= 0.3 is 0 Å². The molecule has 0 aliphatic heterocycles. The van der Waals surface area contributed by atoms with Gasteiger partial charge in [-0.3, -0.25) is 0 Å². The molecule has 2 aliphatic rings. The van der Waals surface area contributed by atoms with Crippen LogP contribution in [-0.2, 0) is 4.43 Å². The highest BCUT2D eigenvalue weighted by Gasteiger charge is 2.51. The average Bonchev–Trinajstić information content (AvgIpc) is 2.77. The van der Waals surface area contributed by atoms with E-state index in [9.17, 15) is 5.26 Å². The molecule has 2 aliphatic carbocycles. The highest BCUT2D eigenvalue weighted by molar-refractivity contribution is 6.74. The van der Waals surface area contributed by atoms with Gasteiger partial charge < -0.3 is 13.9 Å². The number of nitriles is 1. The van der Waals surface area contributed by atoms with E-state index in [1.165, 1.54) is 12.0 Å². The summed E-state index contributed by atoms with van der Waals surface area (Å²) in [7, 11) is 1.42. The maximum Gasteiger partial charge on any atom is 0.192 e. The molecule has 4 nitrogen and oxygen atoms in total. The fourth-order valence-electron chi connectivity index (χ4n) is 6.02. The minimum absolute atomic E-state index is 0.0852. The molecule has 0 aromatic heterocycles. The molecule has 0 saturated heterocycles. The number of rotatable bonds is 6. The zero-order valence-electron chi connectivity index (χ0n) is 22.9. The fraction of sp³-hybridized carbons (Fsp3) is 0.690. The van der Waals surface area contributed by atoms with Gasteiger partial charge in [0.05, 0.1) is 20.3 Å². The van der Waals surface area contributed by atoms with E-state index in [-0.39, 0.29) is 28.9 Å². The van der Waals surface area contributed by atoms with Crippen molar-refractivity contribution in [3.63, 3.8) is 0 Å². The molecule has 0 spiro atoms. The van der Waals surface area contributed by atoms with E-state index in [0.717, 1.165) is 23.5 Å². The number of hydrogen-bond acceptors (Lipinski definition) is 4. The SMILES string of the molecule is COc1cc(OC)cc([C@H]2C=C(C)[C@H]3C[C@@H](C)C[C@H](O[Si](C)(C)C(C)(C)C)[C@@H]3[C@H]2[C@@H](C)C#N)c1. The Kier molecular flexibility index (Phi) is 7.95. The molecule has 0 heterocycles. The minimum Gasteiger partial charge on any atom is -0.497 e. The van der Waals surface area contributed by atoms with Crippen LogP contribution in [0.5, 0.6) is 11.5 Å². The zero-order chi connectivity index (χ0) is 25.4. The second kappa shape index (κ2) is 10.1. The molecule has 1 aromatic rings. The van der Waals surface area contributed by atoms with Crippen molar-refractivity contribution in [1.29, 1.82) is 5.26 Å². The molecule has 3 rings (SSSR count). The molecule has 0 unspecified atom stereocenters. The summed E-state index contributed by atoms with van der Waals surface area (Å²) in [5.41, 5.74) is 2.60. The standard InChI is InChI=1S/C29H45NO3Si/c1-18-11-24-19(2)13-25(21-14-22(31-7)16-23(15-21)32-8)27(20(3)17-30)28(24)26(12-18)33-34(9,10)29(4,5)6/h13-16,18,20,24-28H,11-12H2,1-10H3/t18-,20+,24-,25-,26+,27+,28-/m1/s1. The number of benzene rings is 1. The first-order chi connectivity index (χ1) is 15.8. The third-order valence-electron chi connectivity index (χ3n) is 8.86. The highest BCUT2D eigenvalue weighted by Crippen LogP contribution is 2.55. The van der Waals surface area contributed by atoms with Crippen LogP contribution < -0.4 is 9.47 Å². The summed E-state index contributed by atoms with van der Waals surface area (Å²) >= 11 is 0. The Bertz CT molecular complexity index is 919. The number of ether oxygens (including phenoxy) is 2. The smallest absolute Gasteiger partial charge is 0.192 e. The first-order valence-corrected chi connectivity index (χ1v) is 15.7. The van der Waals surface area contributed by atoms with Crippen LogP contribution in [0.2, 0.25) is 18.1 Å². The van der Waals surface area contributed by atoms with Crippen molar-refractivity contribution in [3.05, 3.63) is 35.4 Å². The van der Waals surface area contributed by atoms with E-state index < -0.39 is 8.32 Å². The molecule has 34 heavy (non-hydrogen) atoms. The molecule has 7 atom stereocenters. The summed E-state index contributed by atoms with van der Waals surface area (Å²) in [4.78, 5) is 0. The van der Waals surface area contributed by atoms with Gasteiger partial charge in [0.2, 0.25) is 0 Å². The largest absolute Gasteiger partial charge is 0.497 e. The van der Waals surface area contributed by atoms with Gasteiger partial charge in [0.1, 0.15) is 11.5 Å². The Morgan fingerprint density at radius 2 is 1.65 bits per heavy atom. The number of fused-ring (bicyclic) bond motifs is 1. The Morgan fingerprint density at radius 1 is 1.06 bits per heavy atom. The van der Waals surface area contributed by atoms with E-state index in [0.29, 0.717) is 17.8 Å². The normalized spacial score (nSPS) is 30.6. The predicted molar refractivity (Wildman–Crippen MR) is 142 cm³/mol. The van der Waals surface area contributed by atoms with Gasteiger partial charge in [0.15, 0.2) is 8.32 Å². The zero-order valence-corrected chi connectivity index (χ0v) is 23.9. The lowest BCUT2D eigenvalue weighted by Crippen LogP contribution is -2.53. The Hall–Kier alpha value is -1.77. The van der Waals surface area contributed by atoms with Crippen LogP contribution in [0.25, 0.3) is 0 Å². The van der Waals surface area contributed by atoms with Crippen molar-refractivity contribution in [1.82, 2.24) is 0 Å². The second-order valence-corrected chi connectivity index (χ2v) is 17.0. The van der Waals surface area contributed by atoms with Gasteiger partial charge in [-0.15, -0.1) is 0 Å². The van der Waals surface area contributed by atoms with E-state index in [2.05, 4.69) is 78.9 Å². The van der Waals surface area contributed by atoms with Gasteiger partial charge in [-0.1, -0.05) is 39.3 Å². The monoisotopic (exact) mass is 483 g/mol. The second-order valence-electron chi connectivity index (χ2n) is 12.3. The van der Waals surface area contributed by atoms with Gasteiger partial charge in [0, 0.05) is 24.0 Å². The van der Waals surface area contributed by atoms with E-state index in [1.54, 1.807) is 14.2 Å². The van der Waals surface area contributed by atoms with Gasteiger partial charge in [0.25, 0.3) is 0 Å². The number of hydrogen-bond donors (Lipinski definition) is 0. The van der Waals surface area contributed by atoms with Crippen LogP contribution in [0.15, 0.2) is 29.8 Å². The lowest BCUT2D eigenvalue weighted by atomic mass is 9.56. The van der Waals surface area contributed by atoms with Gasteiger partial charge in [-0.05, 0) is 86.2 Å². The van der Waals surface area contributed by atoms with Crippen molar-refractivity contribution in [3.8, 4) is 17.6 Å². The molecule has 0 bridgehead atoms. The summed E-state index contributed by atoms with van der Waals surface area (Å²) in [6.45, 7) is 18.4. The molecule has 0 N–H and O–H groups in total. The number of allylic oxidation sites excluding steroid dienone is 2. The maximum absolute atomic E-state index is 10.2. The van der Waals surface area contributed by atoms with Crippen LogP contribution in [0.1, 0.15) is 65.9 Å². The summed E-state index contributed by atoms with van der Waals surface area (Å²) < 4.78 is 18.4. The van der Waals surface area contributed by atoms with Crippen LogP contribution in [0, 0.1) is 40.9 Å². The van der Waals surface area contributed by atoms with Crippen molar-refractivity contribution >= 4 is 8.32 Å². The molecular formula is C29H45NO3Si. The Labute approximate surface area is 208 Å². The first kappa shape index (κ1) is 26.8. The van der Waals surface area contributed by atoms with Crippen molar-refractivity contribution < 1.29 is 13.9 Å².